The molecule has 0 bridgehead atoms. The minimum absolute atomic E-state index is 0.0845. The summed E-state index contributed by atoms with van der Waals surface area (Å²) in [5.74, 6) is -0.0412. The highest BCUT2D eigenvalue weighted by Crippen LogP contribution is 2.34. The van der Waals surface area contributed by atoms with Crippen LogP contribution in [0.15, 0.2) is 28.7 Å². The van der Waals surface area contributed by atoms with E-state index in [4.69, 9.17) is 4.42 Å². The van der Waals surface area contributed by atoms with Gasteiger partial charge in [-0.3, -0.25) is 4.79 Å². The summed E-state index contributed by atoms with van der Waals surface area (Å²) >= 11 is 0. The van der Waals surface area contributed by atoms with Crippen LogP contribution in [0.4, 0.5) is 0 Å². The fourth-order valence-corrected chi connectivity index (χ4v) is 4.87. The van der Waals surface area contributed by atoms with Crippen molar-refractivity contribution in [3.8, 4) is 0 Å². The zero-order valence-electron chi connectivity index (χ0n) is 14.2. The molecule has 2 aromatic rings. The summed E-state index contributed by atoms with van der Waals surface area (Å²) in [4.78, 5) is 15.7. The van der Waals surface area contributed by atoms with Crippen LogP contribution in [0.2, 0.25) is 0 Å². The number of methoxy groups -OCH3 is 1. The van der Waals surface area contributed by atoms with Crippen molar-refractivity contribution in [3.63, 3.8) is 0 Å². The molecule has 1 fully saturated rings. The van der Waals surface area contributed by atoms with E-state index in [-0.39, 0.29) is 24.6 Å². The maximum atomic E-state index is 12.8. The minimum atomic E-state index is -3.50. The summed E-state index contributed by atoms with van der Waals surface area (Å²) in [6, 6.07) is 7.02. The van der Waals surface area contributed by atoms with Crippen molar-refractivity contribution in [2.45, 2.75) is 38.1 Å². The number of fused-ring (bicyclic) bond motifs is 1. The molecule has 25 heavy (non-hydrogen) atoms. The molecule has 3 rings (SSSR count). The Labute approximate surface area is 147 Å². The number of sulfonamides is 1. The summed E-state index contributed by atoms with van der Waals surface area (Å²) in [7, 11) is -2.20. The predicted molar refractivity (Wildman–Crippen MR) is 92.3 cm³/mol. The number of ether oxygens (including phenoxy) is 1. The number of benzene rings is 1. The van der Waals surface area contributed by atoms with Gasteiger partial charge in [-0.1, -0.05) is 18.6 Å². The van der Waals surface area contributed by atoms with Crippen LogP contribution in [0.3, 0.4) is 0 Å². The van der Waals surface area contributed by atoms with E-state index in [2.05, 4.69) is 9.72 Å². The molecule has 1 aromatic carbocycles. The molecule has 0 saturated carbocycles. The van der Waals surface area contributed by atoms with Gasteiger partial charge in [-0.05, 0) is 31.4 Å². The van der Waals surface area contributed by atoms with Gasteiger partial charge in [0.05, 0.1) is 12.9 Å². The number of para-hydroxylation sites is 2. The lowest BCUT2D eigenvalue weighted by Crippen LogP contribution is -2.40. The number of carbonyl (C=O) groups is 1. The van der Waals surface area contributed by atoms with Gasteiger partial charge in [-0.25, -0.2) is 13.4 Å². The molecule has 2 heterocycles. The second kappa shape index (κ2) is 7.53. The van der Waals surface area contributed by atoms with E-state index in [0.29, 0.717) is 24.4 Å². The molecule has 8 heteroatoms. The largest absolute Gasteiger partial charge is 0.469 e. The Morgan fingerprint density at radius 1 is 1.36 bits per heavy atom. The molecule has 0 aliphatic carbocycles. The van der Waals surface area contributed by atoms with Gasteiger partial charge in [-0.15, -0.1) is 0 Å². The molecular weight excluding hydrogens is 344 g/mol. The van der Waals surface area contributed by atoms with E-state index in [0.717, 1.165) is 18.4 Å². The number of nitrogens with zero attached hydrogens (tertiary/aromatic N) is 2. The summed E-state index contributed by atoms with van der Waals surface area (Å²) in [5.41, 5.74) is 1.39. The maximum absolute atomic E-state index is 12.8. The van der Waals surface area contributed by atoms with Crippen LogP contribution in [-0.2, 0) is 19.6 Å². The number of rotatable bonds is 6. The van der Waals surface area contributed by atoms with Crippen molar-refractivity contribution in [3.05, 3.63) is 30.2 Å². The van der Waals surface area contributed by atoms with Crippen molar-refractivity contribution < 1.29 is 22.4 Å². The monoisotopic (exact) mass is 366 g/mol. The third-order valence-electron chi connectivity index (χ3n) is 4.42. The van der Waals surface area contributed by atoms with Crippen LogP contribution in [-0.4, -0.2) is 43.1 Å². The first-order valence-electron chi connectivity index (χ1n) is 8.43. The zero-order chi connectivity index (χ0) is 17.9. The lowest BCUT2D eigenvalue weighted by Gasteiger charge is -2.32. The Morgan fingerprint density at radius 2 is 2.16 bits per heavy atom. The highest BCUT2D eigenvalue weighted by atomic mass is 32.2. The number of oxazole rings is 1. The second-order valence-corrected chi connectivity index (χ2v) is 8.18. The van der Waals surface area contributed by atoms with Crippen LogP contribution < -0.4 is 0 Å². The normalized spacial score (nSPS) is 19.2. The molecule has 1 aliphatic heterocycles. The highest BCUT2D eigenvalue weighted by Gasteiger charge is 2.35. The van der Waals surface area contributed by atoms with E-state index in [1.165, 1.54) is 11.4 Å². The first-order valence-corrected chi connectivity index (χ1v) is 10.0. The van der Waals surface area contributed by atoms with Gasteiger partial charge in [0.15, 0.2) is 5.58 Å². The SMILES string of the molecule is COC(=O)CCCS(=O)(=O)N1CCCC[C@@H]1c1nc2ccccc2o1. The van der Waals surface area contributed by atoms with Gasteiger partial charge in [0.2, 0.25) is 15.9 Å². The van der Waals surface area contributed by atoms with E-state index in [9.17, 15) is 13.2 Å². The average molecular weight is 366 g/mol. The van der Waals surface area contributed by atoms with Crippen molar-refractivity contribution in [2.24, 2.45) is 0 Å². The smallest absolute Gasteiger partial charge is 0.305 e. The van der Waals surface area contributed by atoms with Gasteiger partial charge in [0.25, 0.3) is 0 Å². The molecule has 136 valence electrons. The summed E-state index contributed by atoms with van der Waals surface area (Å²) in [6.45, 7) is 0.448. The Morgan fingerprint density at radius 3 is 2.92 bits per heavy atom. The zero-order valence-corrected chi connectivity index (χ0v) is 15.0. The number of hydrogen-bond donors (Lipinski definition) is 0. The van der Waals surface area contributed by atoms with Crippen LogP contribution >= 0.6 is 0 Å². The third-order valence-corrected chi connectivity index (χ3v) is 6.37. The molecule has 7 nitrogen and oxygen atoms in total. The number of aromatic nitrogens is 1. The standard InChI is InChI=1S/C17H22N2O5S/c1-23-16(20)10-6-12-25(21,22)19-11-5-4-8-14(19)17-18-13-7-2-3-9-15(13)24-17/h2-3,7,9,14H,4-6,8,10-12H2,1H3/t14-/m1/s1. The summed E-state index contributed by atoms with van der Waals surface area (Å²) < 4.78 is 37.4. The molecule has 1 atom stereocenters. The first kappa shape index (κ1) is 17.9. The second-order valence-electron chi connectivity index (χ2n) is 6.14. The van der Waals surface area contributed by atoms with Crippen LogP contribution in [0.5, 0.6) is 0 Å². The molecule has 1 aliphatic rings. The minimum Gasteiger partial charge on any atom is -0.469 e. The van der Waals surface area contributed by atoms with Gasteiger partial charge >= 0.3 is 5.97 Å². The van der Waals surface area contributed by atoms with E-state index >= 15 is 0 Å². The molecular formula is C17H22N2O5S. The number of piperidine rings is 1. The van der Waals surface area contributed by atoms with Crippen molar-refractivity contribution in [2.75, 3.05) is 19.4 Å². The van der Waals surface area contributed by atoms with Gasteiger partial charge in [-0.2, -0.15) is 4.31 Å². The van der Waals surface area contributed by atoms with E-state index in [1.807, 2.05) is 24.3 Å². The van der Waals surface area contributed by atoms with Gasteiger partial charge in [0.1, 0.15) is 11.6 Å². The van der Waals surface area contributed by atoms with Crippen molar-refractivity contribution >= 4 is 27.1 Å². The number of hydrogen-bond acceptors (Lipinski definition) is 6. The summed E-state index contributed by atoms with van der Waals surface area (Å²) in [6.07, 6.45) is 2.76. The molecule has 0 spiro atoms. The Kier molecular flexibility index (Phi) is 5.39. The van der Waals surface area contributed by atoms with Crippen LogP contribution in [0, 0.1) is 0 Å². The Balaban J connectivity index is 1.79. The molecule has 0 amide bonds. The average Bonchev–Trinajstić information content (AvgIpc) is 3.05. The molecule has 1 aromatic heterocycles. The third kappa shape index (κ3) is 4.01. The Hall–Kier alpha value is -1.93. The van der Waals surface area contributed by atoms with Gasteiger partial charge in [0, 0.05) is 13.0 Å². The lowest BCUT2D eigenvalue weighted by atomic mass is 10.1. The molecule has 0 radical (unpaired) electrons. The number of carbonyl (C=O) groups excluding carboxylic acids is 1. The van der Waals surface area contributed by atoms with E-state index in [1.54, 1.807) is 0 Å². The molecule has 0 unspecified atom stereocenters. The highest BCUT2D eigenvalue weighted by molar-refractivity contribution is 7.89. The topological polar surface area (TPSA) is 89.7 Å². The first-order chi connectivity index (χ1) is 12.0. The van der Waals surface area contributed by atoms with E-state index < -0.39 is 16.0 Å². The lowest BCUT2D eigenvalue weighted by molar-refractivity contribution is -0.140. The quantitative estimate of drug-likeness (QED) is 0.730. The van der Waals surface area contributed by atoms with Crippen LogP contribution in [0.25, 0.3) is 11.1 Å². The molecule has 1 saturated heterocycles. The Bertz CT molecular complexity index is 813. The van der Waals surface area contributed by atoms with Crippen molar-refractivity contribution in [1.29, 1.82) is 0 Å². The van der Waals surface area contributed by atoms with Crippen LogP contribution in [0.1, 0.15) is 44.0 Å². The van der Waals surface area contributed by atoms with Gasteiger partial charge < -0.3 is 9.15 Å². The number of esters is 1. The summed E-state index contributed by atoms with van der Waals surface area (Å²) in [5, 5.41) is 0. The molecule has 0 N–H and O–H groups in total. The van der Waals surface area contributed by atoms with Crippen molar-refractivity contribution in [1.82, 2.24) is 9.29 Å². The fraction of sp³-hybridized carbons (Fsp3) is 0.529. The fourth-order valence-electron chi connectivity index (χ4n) is 3.14. The predicted octanol–water partition coefficient (Wildman–Crippen LogP) is 2.64. The maximum Gasteiger partial charge on any atom is 0.305 e.